The predicted octanol–water partition coefficient (Wildman–Crippen LogP) is 1.60. The third-order valence-electron chi connectivity index (χ3n) is 2.84. The number of hydrogen-bond donors (Lipinski definition) is 1. The molecule has 0 saturated carbocycles. The Balaban J connectivity index is 1.89. The molecule has 0 fully saturated rings. The van der Waals surface area contributed by atoms with Crippen molar-refractivity contribution in [3.8, 4) is 5.69 Å². The minimum absolute atomic E-state index is 0.0262. The maximum atomic E-state index is 12.9. The molecular weight excluding hydrogens is 309 g/mol. The van der Waals surface area contributed by atoms with Gasteiger partial charge in [-0.05, 0) is 52.9 Å². The first kappa shape index (κ1) is 14.1. The maximum Gasteiger partial charge on any atom is 0.261 e. The lowest BCUT2D eigenvalue weighted by molar-refractivity contribution is 0.599. The number of nitrogens with zero attached hydrogens (tertiary/aromatic N) is 4. The van der Waals surface area contributed by atoms with Crippen LogP contribution in [0, 0.1) is 5.82 Å². The Hall–Kier alpha value is -2.81. The summed E-state index contributed by atoms with van der Waals surface area (Å²) in [5.74, 6) is -0.500. The van der Waals surface area contributed by atoms with Gasteiger partial charge in [-0.25, -0.2) is 17.5 Å². The van der Waals surface area contributed by atoms with Crippen LogP contribution in [0.2, 0.25) is 0 Å². The van der Waals surface area contributed by atoms with Crippen LogP contribution in [-0.2, 0) is 10.0 Å². The van der Waals surface area contributed by atoms with Crippen LogP contribution in [0.25, 0.3) is 5.69 Å². The Kier molecular flexibility index (Phi) is 3.55. The largest absolute Gasteiger partial charge is 0.280 e. The van der Waals surface area contributed by atoms with Gasteiger partial charge in [-0.2, -0.15) is 0 Å². The second kappa shape index (κ2) is 5.53. The molecule has 0 unspecified atom stereocenters. The van der Waals surface area contributed by atoms with Gasteiger partial charge in [0.15, 0.2) is 0 Å². The van der Waals surface area contributed by atoms with Crippen molar-refractivity contribution in [2.24, 2.45) is 0 Å². The van der Waals surface area contributed by atoms with Gasteiger partial charge in [0.1, 0.15) is 12.1 Å². The number of rotatable bonds is 4. The van der Waals surface area contributed by atoms with E-state index in [-0.39, 0.29) is 4.90 Å². The smallest absolute Gasteiger partial charge is 0.261 e. The van der Waals surface area contributed by atoms with Crippen LogP contribution < -0.4 is 4.72 Å². The first-order valence-corrected chi connectivity index (χ1v) is 7.65. The molecule has 1 N–H and O–H groups in total. The normalized spacial score (nSPS) is 11.3. The number of tetrazole rings is 1. The van der Waals surface area contributed by atoms with Crippen molar-refractivity contribution in [3.63, 3.8) is 0 Å². The molecule has 0 radical (unpaired) electrons. The van der Waals surface area contributed by atoms with Crippen molar-refractivity contribution in [2.75, 3.05) is 4.72 Å². The molecule has 2 aromatic carbocycles. The van der Waals surface area contributed by atoms with Crippen LogP contribution in [0.3, 0.4) is 0 Å². The highest BCUT2D eigenvalue weighted by molar-refractivity contribution is 7.92. The zero-order valence-electron chi connectivity index (χ0n) is 11.1. The lowest BCUT2D eigenvalue weighted by Crippen LogP contribution is -2.13. The highest BCUT2D eigenvalue weighted by atomic mass is 32.2. The summed E-state index contributed by atoms with van der Waals surface area (Å²) in [6.07, 6.45) is 1.40. The van der Waals surface area contributed by atoms with Gasteiger partial charge in [-0.1, -0.05) is 6.07 Å². The highest BCUT2D eigenvalue weighted by Gasteiger charge is 2.14. The van der Waals surface area contributed by atoms with E-state index in [1.54, 1.807) is 24.3 Å². The monoisotopic (exact) mass is 319 g/mol. The lowest BCUT2D eigenvalue weighted by atomic mass is 10.3. The molecule has 112 valence electrons. The standard InChI is InChI=1S/C13H10FN5O2S/c14-10-4-6-13(7-5-10)22(20,21)16-11-2-1-3-12(8-11)19-9-15-17-18-19/h1-9,16H. The Morgan fingerprint density at radius 3 is 2.55 bits per heavy atom. The first-order chi connectivity index (χ1) is 10.5. The average Bonchev–Trinajstić information content (AvgIpc) is 3.02. The van der Waals surface area contributed by atoms with Crippen molar-refractivity contribution in [1.82, 2.24) is 20.2 Å². The lowest BCUT2D eigenvalue weighted by Gasteiger charge is -2.09. The van der Waals surface area contributed by atoms with E-state index in [9.17, 15) is 12.8 Å². The zero-order valence-corrected chi connectivity index (χ0v) is 11.9. The van der Waals surface area contributed by atoms with Crippen molar-refractivity contribution in [3.05, 3.63) is 60.7 Å². The van der Waals surface area contributed by atoms with Crippen molar-refractivity contribution < 1.29 is 12.8 Å². The molecule has 3 rings (SSSR count). The molecule has 1 aromatic heterocycles. The maximum absolute atomic E-state index is 12.9. The van der Waals surface area contributed by atoms with E-state index in [2.05, 4.69) is 20.2 Å². The number of aromatic nitrogens is 4. The molecule has 22 heavy (non-hydrogen) atoms. The number of sulfonamides is 1. The Morgan fingerprint density at radius 1 is 1.09 bits per heavy atom. The fourth-order valence-corrected chi connectivity index (χ4v) is 2.87. The molecule has 3 aromatic rings. The minimum atomic E-state index is -3.79. The highest BCUT2D eigenvalue weighted by Crippen LogP contribution is 2.18. The third-order valence-corrected chi connectivity index (χ3v) is 4.23. The summed E-state index contributed by atoms with van der Waals surface area (Å²) in [7, 11) is -3.79. The average molecular weight is 319 g/mol. The summed E-state index contributed by atoms with van der Waals surface area (Å²) >= 11 is 0. The van der Waals surface area contributed by atoms with Gasteiger partial charge in [0.05, 0.1) is 16.3 Å². The van der Waals surface area contributed by atoms with E-state index in [1.165, 1.54) is 23.1 Å². The van der Waals surface area contributed by atoms with Crippen molar-refractivity contribution >= 4 is 15.7 Å². The van der Waals surface area contributed by atoms with E-state index in [4.69, 9.17) is 0 Å². The molecular formula is C13H10FN5O2S. The van der Waals surface area contributed by atoms with Crippen LogP contribution in [-0.4, -0.2) is 28.6 Å². The molecule has 0 saturated heterocycles. The number of hydrogen-bond acceptors (Lipinski definition) is 5. The molecule has 9 heteroatoms. The van der Waals surface area contributed by atoms with Gasteiger partial charge in [0, 0.05) is 0 Å². The molecule has 0 aliphatic heterocycles. The first-order valence-electron chi connectivity index (χ1n) is 6.16. The summed E-state index contributed by atoms with van der Waals surface area (Å²) in [4.78, 5) is -0.0262. The van der Waals surface area contributed by atoms with E-state index in [0.29, 0.717) is 11.4 Å². The molecule has 0 bridgehead atoms. The molecule has 7 nitrogen and oxygen atoms in total. The third kappa shape index (κ3) is 2.93. The zero-order chi connectivity index (χ0) is 15.6. The molecule has 0 atom stereocenters. The second-order valence-corrected chi connectivity index (χ2v) is 6.05. The quantitative estimate of drug-likeness (QED) is 0.789. The number of halogens is 1. The molecule has 0 spiro atoms. The SMILES string of the molecule is O=S(=O)(Nc1cccc(-n2cnnn2)c1)c1ccc(F)cc1. The molecule has 0 aliphatic rings. The fourth-order valence-electron chi connectivity index (χ4n) is 1.82. The number of nitrogens with one attached hydrogen (secondary N) is 1. The van der Waals surface area contributed by atoms with E-state index >= 15 is 0 Å². The summed E-state index contributed by atoms with van der Waals surface area (Å²) in [5.41, 5.74) is 0.946. The van der Waals surface area contributed by atoms with Crippen LogP contribution in [0.4, 0.5) is 10.1 Å². The van der Waals surface area contributed by atoms with Gasteiger partial charge in [0.2, 0.25) is 0 Å². The topological polar surface area (TPSA) is 89.8 Å². The molecule has 1 heterocycles. The summed E-state index contributed by atoms with van der Waals surface area (Å²) in [6, 6.07) is 11.1. The number of anilines is 1. The number of benzene rings is 2. The Labute approximate surface area is 125 Å². The van der Waals surface area contributed by atoms with Gasteiger partial charge >= 0.3 is 0 Å². The summed E-state index contributed by atoms with van der Waals surface area (Å²) in [6.45, 7) is 0. The van der Waals surface area contributed by atoms with E-state index < -0.39 is 15.8 Å². The van der Waals surface area contributed by atoms with Gasteiger partial charge in [-0.3, -0.25) is 4.72 Å². The van der Waals surface area contributed by atoms with Gasteiger partial charge in [0.25, 0.3) is 10.0 Å². The predicted molar refractivity (Wildman–Crippen MR) is 76.4 cm³/mol. The van der Waals surface area contributed by atoms with E-state index in [1.807, 2.05) is 0 Å². The Morgan fingerprint density at radius 2 is 1.86 bits per heavy atom. The van der Waals surface area contributed by atoms with Gasteiger partial charge in [-0.15, -0.1) is 5.10 Å². The second-order valence-electron chi connectivity index (χ2n) is 4.36. The van der Waals surface area contributed by atoms with Crippen LogP contribution in [0.15, 0.2) is 59.8 Å². The fraction of sp³-hybridized carbons (Fsp3) is 0. The molecule has 0 amide bonds. The van der Waals surface area contributed by atoms with Crippen LogP contribution in [0.5, 0.6) is 0 Å². The minimum Gasteiger partial charge on any atom is -0.280 e. The van der Waals surface area contributed by atoms with Crippen molar-refractivity contribution in [2.45, 2.75) is 4.90 Å². The summed E-state index contributed by atoms with van der Waals surface area (Å²) < 4.78 is 41.2. The molecule has 0 aliphatic carbocycles. The van der Waals surface area contributed by atoms with Gasteiger partial charge < -0.3 is 0 Å². The van der Waals surface area contributed by atoms with Crippen molar-refractivity contribution in [1.29, 1.82) is 0 Å². The Bertz CT molecular complexity index is 879. The summed E-state index contributed by atoms with van der Waals surface area (Å²) in [5, 5.41) is 10.8. The van der Waals surface area contributed by atoms with Crippen LogP contribution in [0.1, 0.15) is 0 Å². The van der Waals surface area contributed by atoms with Crippen LogP contribution >= 0.6 is 0 Å². The van der Waals surface area contributed by atoms with E-state index in [0.717, 1.165) is 12.1 Å².